The highest BCUT2D eigenvalue weighted by Gasteiger charge is 2.33. The highest BCUT2D eigenvalue weighted by Crippen LogP contribution is 2.33. The molecule has 0 aliphatic rings. The van der Waals surface area contributed by atoms with Gasteiger partial charge in [-0.25, -0.2) is 0 Å². The first-order chi connectivity index (χ1) is 6.90. The van der Waals surface area contributed by atoms with Crippen molar-refractivity contribution in [2.45, 2.75) is 19.7 Å². The van der Waals surface area contributed by atoms with Crippen molar-refractivity contribution in [1.82, 2.24) is 0 Å². The summed E-state index contributed by atoms with van der Waals surface area (Å²) in [6.45, 7) is 0.693. The summed E-state index contributed by atoms with van der Waals surface area (Å²) in [7, 11) is 0. The Labute approximate surface area is 84.6 Å². The second-order valence-electron chi connectivity index (χ2n) is 3.09. The molecule has 0 aliphatic carbocycles. The third kappa shape index (κ3) is 2.28. The van der Waals surface area contributed by atoms with Gasteiger partial charge in [-0.1, -0.05) is 0 Å². The number of halogens is 3. The molecule has 15 heavy (non-hydrogen) atoms. The molecule has 5 heteroatoms. The fourth-order valence-corrected chi connectivity index (χ4v) is 1.27. The Morgan fingerprint density at radius 1 is 1.40 bits per heavy atom. The number of hydrogen-bond acceptors (Lipinski definition) is 2. The average Bonchev–Trinajstić information content (AvgIpc) is 2.16. The van der Waals surface area contributed by atoms with E-state index in [1.165, 1.54) is 6.92 Å². The number of nitrogens with zero attached hydrogens (tertiary/aromatic N) is 1. The van der Waals surface area contributed by atoms with Crippen molar-refractivity contribution in [3.8, 4) is 6.07 Å². The lowest BCUT2D eigenvalue weighted by molar-refractivity contribution is -0.138. The van der Waals surface area contributed by atoms with Crippen molar-refractivity contribution in [1.29, 1.82) is 5.26 Å². The SMILES string of the molecule is Cc1cc(C(F)(F)F)c(CO)cc1C#N. The van der Waals surface area contributed by atoms with Gasteiger partial charge < -0.3 is 5.11 Å². The van der Waals surface area contributed by atoms with Crippen molar-refractivity contribution in [3.05, 3.63) is 34.4 Å². The van der Waals surface area contributed by atoms with Crippen molar-refractivity contribution >= 4 is 0 Å². The van der Waals surface area contributed by atoms with Crippen LogP contribution in [0.4, 0.5) is 13.2 Å². The van der Waals surface area contributed by atoms with Crippen molar-refractivity contribution < 1.29 is 18.3 Å². The lowest BCUT2D eigenvalue weighted by Crippen LogP contribution is -2.10. The van der Waals surface area contributed by atoms with Gasteiger partial charge in [0.1, 0.15) is 0 Å². The zero-order valence-corrected chi connectivity index (χ0v) is 7.89. The van der Waals surface area contributed by atoms with Crippen LogP contribution < -0.4 is 0 Å². The van der Waals surface area contributed by atoms with Gasteiger partial charge in [0.2, 0.25) is 0 Å². The number of rotatable bonds is 1. The molecule has 0 spiro atoms. The van der Waals surface area contributed by atoms with E-state index in [0.717, 1.165) is 12.1 Å². The van der Waals surface area contributed by atoms with Crippen LogP contribution in [0.2, 0.25) is 0 Å². The molecule has 0 unspecified atom stereocenters. The van der Waals surface area contributed by atoms with Crippen LogP contribution in [0, 0.1) is 18.3 Å². The van der Waals surface area contributed by atoms with E-state index in [2.05, 4.69) is 0 Å². The monoisotopic (exact) mass is 215 g/mol. The van der Waals surface area contributed by atoms with E-state index in [0.29, 0.717) is 0 Å². The smallest absolute Gasteiger partial charge is 0.392 e. The minimum absolute atomic E-state index is 0.145. The quantitative estimate of drug-likeness (QED) is 0.781. The number of benzene rings is 1. The molecule has 0 heterocycles. The zero-order chi connectivity index (χ0) is 11.6. The number of nitriles is 1. The van der Waals surface area contributed by atoms with Crippen LogP contribution in [0.3, 0.4) is 0 Å². The Morgan fingerprint density at radius 2 is 2.00 bits per heavy atom. The third-order valence-corrected chi connectivity index (χ3v) is 2.05. The molecule has 1 aromatic carbocycles. The molecular weight excluding hydrogens is 207 g/mol. The van der Waals surface area contributed by atoms with Gasteiger partial charge in [-0.05, 0) is 30.2 Å². The Balaban J connectivity index is 3.42. The minimum Gasteiger partial charge on any atom is -0.392 e. The van der Waals surface area contributed by atoms with Crippen LogP contribution in [0.25, 0.3) is 0 Å². The summed E-state index contributed by atoms with van der Waals surface area (Å²) in [4.78, 5) is 0. The molecule has 0 saturated carbocycles. The summed E-state index contributed by atoms with van der Waals surface area (Å²) < 4.78 is 37.4. The molecule has 2 nitrogen and oxygen atoms in total. The molecule has 80 valence electrons. The van der Waals surface area contributed by atoms with Crippen LogP contribution in [0.1, 0.15) is 22.3 Å². The second-order valence-corrected chi connectivity index (χ2v) is 3.09. The molecule has 0 aliphatic heterocycles. The maximum atomic E-state index is 12.5. The number of alkyl halides is 3. The number of aryl methyl sites for hydroxylation is 1. The summed E-state index contributed by atoms with van der Waals surface area (Å²) in [6.07, 6.45) is -4.50. The van der Waals surface area contributed by atoms with E-state index in [1.54, 1.807) is 6.07 Å². The van der Waals surface area contributed by atoms with Crippen LogP contribution >= 0.6 is 0 Å². The zero-order valence-electron chi connectivity index (χ0n) is 7.89. The van der Waals surface area contributed by atoms with Crippen LogP contribution in [0.15, 0.2) is 12.1 Å². The molecule has 0 amide bonds. The van der Waals surface area contributed by atoms with E-state index in [-0.39, 0.29) is 16.7 Å². The number of aliphatic hydroxyl groups is 1. The predicted molar refractivity (Wildman–Crippen MR) is 46.8 cm³/mol. The van der Waals surface area contributed by atoms with Gasteiger partial charge in [0, 0.05) is 0 Å². The topological polar surface area (TPSA) is 44.0 Å². The highest BCUT2D eigenvalue weighted by molar-refractivity contribution is 5.45. The van der Waals surface area contributed by atoms with Gasteiger partial charge in [0.25, 0.3) is 0 Å². The first kappa shape index (κ1) is 11.5. The first-order valence-corrected chi connectivity index (χ1v) is 4.12. The summed E-state index contributed by atoms with van der Waals surface area (Å²) in [6, 6.07) is 3.72. The van der Waals surface area contributed by atoms with E-state index in [1.807, 2.05) is 0 Å². The van der Waals surface area contributed by atoms with Crippen molar-refractivity contribution in [3.63, 3.8) is 0 Å². The van der Waals surface area contributed by atoms with Gasteiger partial charge in [-0.3, -0.25) is 0 Å². The van der Waals surface area contributed by atoms with Gasteiger partial charge in [-0.2, -0.15) is 18.4 Å². The molecule has 0 saturated heterocycles. The maximum absolute atomic E-state index is 12.5. The molecule has 0 fully saturated rings. The standard InChI is InChI=1S/C10H8F3NO/c1-6-2-9(10(11,12)13)8(5-15)3-7(6)4-14/h2-3,15H,5H2,1H3. The summed E-state index contributed by atoms with van der Waals surface area (Å²) in [5.74, 6) is 0. The summed E-state index contributed by atoms with van der Waals surface area (Å²) in [5, 5.41) is 17.4. The molecule has 1 rings (SSSR count). The molecule has 0 atom stereocenters. The highest BCUT2D eigenvalue weighted by atomic mass is 19.4. The lowest BCUT2D eigenvalue weighted by Gasteiger charge is -2.12. The van der Waals surface area contributed by atoms with Gasteiger partial charge in [0.05, 0.1) is 23.8 Å². The second kappa shape index (κ2) is 3.91. The average molecular weight is 215 g/mol. The molecule has 0 bridgehead atoms. The van der Waals surface area contributed by atoms with Crippen molar-refractivity contribution in [2.24, 2.45) is 0 Å². The maximum Gasteiger partial charge on any atom is 0.416 e. The van der Waals surface area contributed by atoms with E-state index in [9.17, 15) is 13.2 Å². The Hall–Kier alpha value is -1.54. The summed E-state index contributed by atoms with van der Waals surface area (Å²) >= 11 is 0. The van der Waals surface area contributed by atoms with Crippen molar-refractivity contribution in [2.75, 3.05) is 0 Å². The predicted octanol–water partition coefficient (Wildman–Crippen LogP) is 2.38. The lowest BCUT2D eigenvalue weighted by atomic mass is 10.00. The Kier molecular flexibility index (Phi) is 3.01. The number of hydrogen-bond donors (Lipinski definition) is 1. The molecule has 1 N–H and O–H groups in total. The molecular formula is C10H8F3NO. The Morgan fingerprint density at radius 3 is 2.40 bits per heavy atom. The molecule has 0 radical (unpaired) electrons. The minimum atomic E-state index is -4.50. The van der Waals surface area contributed by atoms with Crippen LogP contribution in [-0.4, -0.2) is 5.11 Å². The Bertz CT molecular complexity index is 418. The molecule has 1 aromatic rings. The van der Waals surface area contributed by atoms with E-state index >= 15 is 0 Å². The fourth-order valence-electron chi connectivity index (χ4n) is 1.27. The largest absolute Gasteiger partial charge is 0.416 e. The van der Waals surface area contributed by atoms with Gasteiger partial charge in [-0.15, -0.1) is 0 Å². The molecule has 0 aromatic heterocycles. The van der Waals surface area contributed by atoms with E-state index in [4.69, 9.17) is 10.4 Å². The summed E-state index contributed by atoms with van der Waals surface area (Å²) in [5.41, 5.74) is -0.764. The van der Waals surface area contributed by atoms with Gasteiger partial charge in [0.15, 0.2) is 0 Å². The third-order valence-electron chi connectivity index (χ3n) is 2.05. The van der Waals surface area contributed by atoms with Gasteiger partial charge >= 0.3 is 6.18 Å². The van der Waals surface area contributed by atoms with Crippen LogP contribution in [-0.2, 0) is 12.8 Å². The first-order valence-electron chi connectivity index (χ1n) is 4.12. The normalized spacial score (nSPS) is 11.2. The fraction of sp³-hybridized carbons (Fsp3) is 0.300. The number of aliphatic hydroxyl groups excluding tert-OH is 1. The van der Waals surface area contributed by atoms with E-state index < -0.39 is 18.3 Å². The van der Waals surface area contributed by atoms with Crippen LogP contribution in [0.5, 0.6) is 0 Å².